The van der Waals surface area contributed by atoms with Gasteiger partial charge in [-0.1, -0.05) is 24.3 Å². The van der Waals surface area contributed by atoms with Crippen LogP contribution in [0.15, 0.2) is 85.2 Å². The molecule has 0 radical (unpaired) electrons. The van der Waals surface area contributed by atoms with Crippen molar-refractivity contribution >= 4 is 57.6 Å². The molecule has 1 unspecified atom stereocenters. The van der Waals surface area contributed by atoms with Crippen molar-refractivity contribution in [1.29, 1.82) is 0 Å². The minimum atomic E-state index is -1.03. The number of carbonyl (C=O) groups is 5. The number of rotatable bonds is 23. The fraction of sp³-hybridized carbons (Fsp3) is 0.340. The molecule has 0 aliphatic carbocycles. The average molecular weight is 874 g/mol. The van der Waals surface area contributed by atoms with Crippen LogP contribution < -0.4 is 35.5 Å². The Bertz CT molecular complexity index is 2480. The maximum atomic E-state index is 13.2. The van der Waals surface area contributed by atoms with Gasteiger partial charge in [0.25, 0.3) is 11.8 Å². The third kappa shape index (κ3) is 11.3. The minimum Gasteiger partial charge on any atom is -0.493 e. The molecular formula is C47H51N7O10. The molecule has 0 bridgehead atoms. The molecule has 5 amide bonds. The van der Waals surface area contributed by atoms with E-state index in [0.29, 0.717) is 87.5 Å². The number of hydrogen-bond acceptors (Lipinski definition) is 14. The fourth-order valence-corrected chi connectivity index (χ4v) is 7.37. The number of methoxy groups -OCH3 is 1. The van der Waals surface area contributed by atoms with Gasteiger partial charge in [0.05, 0.1) is 56.8 Å². The van der Waals surface area contributed by atoms with E-state index < -0.39 is 29.7 Å². The molecule has 3 heterocycles. The Balaban J connectivity index is 0.740. The minimum absolute atomic E-state index is 0.0494. The number of nitrogens with zero attached hydrogens (tertiary/aromatic N) is 3. The number of carbonyl (C=O) groups excluding carboxylic acids is 5. The van der Waals surface area contributed by atoms with Gasteiger partial charge in [0.15, 0.2) is 11.5 Å². The van der Waals surface area contributed by atoms with Gasteiger partial charge in [-0.2, -0.15) is 0 Å². The number of ether oxygens (including phenoxy) is 5. The molecule has 2 aliphatic rings. The summed E-state index contributed by atoms with van der Waals surface area (Å²) < 4.78 is 29.0. The SMILES string of the molecule is COc1cc2c(Nc3ccc(Oc4ccccc4)cc3C)ncnc2cc1OCCCCCC(=O)NCCOCCOCCNc1cccc2c1C(=O)N(C1CCC(=O)NC1=O)C2=O. The number of fused-ring (bicyclic) bond motifs is 2. The van der Waals surface area contributed by atoms with Crippen LogP contribution in [-0.2, 0) is 23.9 Å². The van der Waals surface area contributed by atoms with Crippen molar-refractivity contribution in [2.75, 3.05) is 63.9 Å². The van der Waals surface area contributed by atoms with Crippen molar-refractivity contribution < 1.29 is 47.7 Å². The zero-order valence-corrected chi connectivity index (χ0v) is 35.8. The molecule has 7 rings (SSSR count). The van der Waals surface area contributed by atoms with Crippen LogP contribution in [-0.4, -0.2) is 104 Å². The van der Waals surface area contributed by atoms with Gasteiger partial charge in [-0.25, -0.2) is 9.97 Å². The van der Waals surface area contributed by atoms with Gasteiger partial charge in [-0.15, -0.1) is 0 Å². The molecule has 17 heteroatoms. The first-order valence-electron chi connectivity index (χ1n) is 21.3. The number of nitrogens with one attached hydrogen (secondary N) is 4. The molecule has 1 atom stereocenters. The molecule has 2 aliphatic heterocycles. The lowest BCUT2D eigenvalue weighted by atomic mass is 10.0. The number of benzene rings is 4. The Morgan fingerprint density at radius 1 is 0.797 bits per heavy atom. The lowest BCUT2D eigenvalue weighted by Crippen LogP contribution is -2.54. The van der Waals surface area contributed by atoms with Gasteiger partial charge in [0, 0.05) is 48.8 Å². The van der Waals surface area contributed by atoms with E-state index in [2.05, 4.69) is 31.2 Å². The lowest BCUT2D eigenvalue weighted by molar-refractivity contribution is -0.136. The number of unbranched alkanes of at least 4 members (excludes halogenated alkanes) is 2. The monoisotopic (exact) mass is 873 g/mol. The van der Waals surface area contributed by atoms with Crippen molar-refractivity contribution in [3.05, 3.63) is 102 Å². The summed E-state index contributed by atoms with van der Waals surface area (Å²) in [5.41, 5.74) is 3.42. The quantitative estimate of drug-likeness (QED) is 0.0433. The molecule has 64 heavy (non-hydrogen) atoms. The molecule has 0 spiro atoms. The summed E-state index contributed by atoms with van der Waals surface area (Å²) in [6.07, 6.45) is 4.31. The number of amides is 5. The van der Waals surface area contributed by atoms with E-state index >= 15 is 0 Å². The number of para-hydroxylation sites is 1. The zero-order chi connectivity index (χ0) is 44.8. The molecule has 0 saturated carbocycles. The highest BCUT2D eigenvalue weighted by molar-refractivity contribution is 6.25. The molecule has 4 aromatic carbocycles. The number of imide groups is 2. The normalized spacial score (nSPS) is 14.6. The molecule has 334 valence electrons. The van der Waals surface area contributed by atoms with E-state index in [1.54, 1.807) is 25.3 Å². The van der Waals surface area contributed by atoms with Crippen molar-refractivity contribution in [3.63, 3.8) is 0 Å². The second kappa shape index (κ2) is 21.8. The topological polar surface area (TPSA) is 209 Å². The first-order chi connectivity index (χ1) is 31.2. The van der Waals surface area contributed by atoms with E-state index in [4.69, 9.17) is 23.7 Å². The van der Waals surface area contributed by atoms with Crippen LogP contribution in [0.4, 0.5) is 17.2 Å². The highest BCUT2D eigenvalue weighted by atomic mass is 16.5. The van der Waals surface area contributed by atoms with Crippen LogP contribution >= 0.6 is 0 Å². The molecule has 1 aromatic heterocycles. The summed E-state index contributed by atoms with van der Waals surface area (Å²) in [6.45, 7) is 4.48. The number of anilines is 3. The van der Waals surface area contributed by atoms with E-state index in [1.165, 1.54) is 6.33 Å². The van der Waals surface area contributed by atoms with Crippen LogP contribution in [0.2, 0.25) is 0 Å². The molecule has 5 aromatic rings. The molecule has 17 nitrogen and oxygen atoms in total. The van der Waals surface area contributed by atoms with Gasteiger partial charge < -0.3 is 39.6 Å². The Hall–Kier alpha value is -7.11. The summed E-state index contributed by atoms with van der Waals surface area (Å²) in [6, 6.07) is 23.0. The van der Waals surface area contributed by atoms with Crippen LogP contribution in [0.5, 0.6) is 23.0 Å². The van der Waals surface area contributed by atoms with Gasteiger partial charge in [-0.3, -0.25) is 34.2 Å². The predicted octanol–water partition coefficient (Wildman–Crippen LogP) is 6.08. The van der Waals surface area contributed by atoms with Gasteiger partial charge in [0.1, 0.15) is 29.7 Å². The van der Waals surface area contributed by atoms with Crippen molar-refractivity contribution in [1.82, 2.24) is 25.5 Å². The summed E-state index contributed by atoms with van der Waals surface area (Å²) in [5, 5.41) is 12.4. The summed E-state index contributed by atoms with van der Waals surface area (Å²) in [7, 11) is 1.59. The largest absolute Gasteiger partial charge is 0.493 e. The van der Waals surface area contributed by atoms with E-state index in [1.807, 2.05) is 67.6 Å². The van der Waals surface area contributed by atoms with Gasteiger partial charge in [0.2, 0.25) is 17.7 Å². The summed E-state index contributed by atoms with van der Waals surface area (Å²) in [4.78, 5) is 72.5. The summed E-state index contributed by atoms with van der Waals surface area (Å²) in [5.74, 6) is 1.01. The van der Waals surface area contributed by atoms with Crippen LogP contribution in [0, 0.1) is 6.92 Å². The smallest absolute Gasteiger partial charge is 0.264 e. The molecular weight excluding hydrogens is 823 g/mol. The fourth-order valence-electron chi connectivity index (χ4n) is 7.37. The predicted molar refractivity (Wildman–Crippen MR) is 237 cm³/mol. The number of piperidine rings is 1. The van der Waals surface area contributed by atoms with Crippen LogP contribution in [0.1, 0.15) is 64.8 Å². The van der Waals surface area contributed by atoms with Gasteiger partial charge >= 0.3 is 0 Å². The third-order valence-corrected chi connectivity index (χ3v) is 10.6. The van der Waals surface area contributed by atoms with Crippen LogP contribution in [0.25, 0.3) is 10.9 Å². The maximum absolute atomic E-state index is 13.2. The highest BCUT2D eigenvalue weighted by Crippen LogP contribution is 2.36. The number of aryl methyl sites for hydroxylation is 1. The molecule has 1 fully saturated rings. The lowest BCUT2D eigenvalue weighted by Gasteiger charge is -2.27. The average Bonchev–Trinajstić information content (AvgIpc) is 3.55. The number of hydrogen-bond donors (Lipinski definition) is 4. The Morgan fingerprint density at radius 2 is 1.61 bits per heavy atom. The molecule has 4 N–H and O–H groups in total. The molecule has 1 saturated heterocycles. The van der Waals surface area contributed by atoms with Crippen LogP contribution in [0.3, 0.4) is 0 Å². The second-order valence-electron chi connectivity index (χ2n) is 15.1. The summed E-state index contributed by atoms with van der Waals surface area (Å²) >= 11 is 0. The Morgan fingerprint density at radius 3 is 2.39 bits per heavy atom. The first kappa shape index (κ1) is 44.9. The van der Waals surface area contributed by atoms with Crippen molar-refractivity contribution in [2.24, 2.45) is 0 Å². The third-order valence-electron chi connectivity index (χ3n) is 10.6. The standard InChI is InChI=1S/C47H51N7O10/c1-30-26-32(64-31-10-5-3-6-11-31)15-16-35(30)52-44-34-27-39(60-2)40(28-37(34)50-29-51-44)63-21-8-4-7-14-41(55)49-20-23-62-25-24-61-22-19-48-36-13-9-12-33-43(36)47(59)54(46(33)58)38-17-18-42(56)53-45(38)57/h3,5-6,9-13,15-16,26-29,38,48H,4,7-8,14,17-25H2,1-2H3,(H,49,55)(H,50,51,52)(H,53,56,57). The Labute approximate surface area is 370 Å². The second-order valence-corrected chi connectivity index (χ2v) is 15.1. The van der Waals surface area contributed by atoms with E-state index in [0.717, 1.165) is 45.9 Å². The van der Waals surface area contributed by atoms with Gasteiger partial charge in [-0.05, 0) is 86.7 Å². The van der Waals surface area contributed by atoms with Crippen molar-refractivity contribution in [2.45, 2.75) is 51.5 Å². The zero-order valence-electron chi connectivity index (χ0n) is 35.8. The van der Waals surface area contributed by atoms with E-state index in [-0.39, 0.29) is 29.9 Å². The highest BCUT2D eigenvalue weighted by Gasteiger charge is 2.45. The van der Waals surface area contributed by atoms with E-state index in [9.17, 15) is 24.0 Å². The van der Waals surface area contributed by atoms with Crippen molar-refractivity contribution in [3.8, 4) is 23.0 Å². The first-order valence-corrected chi connectivity index (χ1v) is 21.3. The maximum Gasteiger partial charge on any atom is 0.264 e. The Kier molecular flexibility index (Phi) is 15.3. The number of aromatic nitrogens is 2.